The van der Waals surface area contributed by atoms with Crippen LogP contribution in [0.2, 0.25) is 0 Å². The molecule has 2 rings (SSSR count). The summed E-state index contributed by atoms with van der Waals surface area (Å²) in [7, 11) is 0. The summed E-state index contributed by atoms with van der Waals surface area (Å²) in [5.74, 6) is -1.18. The lowest BCUT2D eigenvalue weighted by Gasteiger charge is -2.11. The average Bonchev–Trinajstić information content (AvgIpc) is 2.72. The number of rotatable bonds is 3. The maximum Gasteiger partial charge on any atom is 0.254 e. The van der Waals surface area contributed by atoms with Crippen molar-refractivity contribution in [2.45, 2.75) is 25.4 Å². The molecule has 5 heteroatoms. The van der Waals surface area contributed by atoms with Crippen molar-refractivity contribution in [1.82, 2.24) is 5.32 Å². The van der Waals surface area contributed by atoms with Gasteiger partial charge in [0.1, 0.15) is 11.6 Å². The molecule has 1 amide bonds. The van der Waals surface area contributed by atoms with Gasteiger partial charge in [-0.2, -0.15) is 0 Å². The summed E-state index contributed by atoms with van der Waals surface area (Å²) >= 11 is 0. The minimum Gasteiger partial charge on any atom is -0.508 e. The Balaban J connectivity index is 1.91. The fourth-order valence-corrected chi connectivity index (χ4v) is 2.25. The van der Waals surface area contributed by atoms with E-state index in [1.807, 2.05) is 0 Å². The molecule has 0 radical (unpaired) electrons. The standard InChI is InChI=1S/C13H16FNO3/c14-12-6-10(17)3-4-11(12)13(18)15-7-8-1-2-9(16)5-8/h3-4,6,8-9,16-17H,1-2,5,7H2,(H,15,18). The highest BCUT2D eigenvalue weighted by molar-refractivity contribution is 5.94. The summed E-state index contributed by atoms with van der Waals surface area (Å²) < 4.78 is 13.4. The Labute approximate surface area is 104 Å². The molecule has 0 spiro atoms. The first-order valence-electron chi connectivity index (χ1n) is 6.01. The van der Waals surface area contributed by atoms with Crippen LogP contribution in [0.3, 0.4) is 0 Å². The highest BCUT2D eigenvalue weighted by Crippen LogP contribution is 2.24. The number of amides is 1. The Morgan fingerprint density at radius 3 is 2.83 bits per heavy atom. The second kappa shape index (κ2) is 5.35. The summed E-state index contributed by atoms with van der Waals surface area (Å²) in [4.78, 5) is 11.7. The summed E-state index contributed by atoms with van der Waals surface area (Å²) in [6.07, 6.45) is 2.03. The fraction of sp³-hybridized carbons (Fsp3) is 0.462. The number of phenols is 1. The molecule has 4 nitrogen and oxygen atoms in total. The third-order valence-corrected chi connectivity index (χ3v) is 3.26. The quantitative estimate of drug-likeness (QED) is 0.763. The molecule has 98 valence electrons. The van der Waals surface area contributed by atoms with Gasteiger partial charge in [0.15, 0.2) is 0 Å². The number of aliphatic hydroxyl groups is 1. The molecular weight excluding hydrogens is 237 g/mol. The SMILES string of the molecule is O=C(NCC1CCC(O)C1)c1ccc(O)cc1F. The second-order valence-corrected chi connectivity index (χ2v) is 4.71. The third-order valence-electron chi connectivity index (χ3n) is 3.26. The first-order valence-corrected chi connectivity index (χ1v) is 6.01. The van der Waals surface area contributed by atoms with Crippen molar-refractivity contribution in [3.8, 4) is 5.75 Å². The normalized spacial score (nSPS) is 23.0. The first kappa shape index (κ1) is 12.8. The van der Waals surface area contributed by atoms with Gasteiger partial charge in [0.25, 0.3) is 5.91 Å². The Hall–Kier alpha value is -1.62. The van der Waals surface area contributed by atoms with Crippen LogP contribution in [0.15, 0.2) is 18.2 Å². The summed E-state index contributed by atoms with van der Waals surface area (Å²) in [5.41, 5.74) is -0.0775. The molecule has 0 heterocycles. The number of phenolic OH excluding ortho intramolecular Hbond substituents is 1. The smallest absolute Gasteiger partial charge is 0.254 e. The minimum atomic E-state index is -0.737. The van der Waals surface area contributed by atoms with E-state index in [1.54, 1.807) is 0 Å². The summed E-state index contributed by atoms with van der Waals surface area (Å²) in [6, 6.07) is 3.44. The number of hydrogen-bond acceptors (Lipinski definition) is 3. The first-order chi connectivity index (χ1) is 8.56. The molecule has 1 aromatic rings. The van der Waals surface area contributed by atoms with E-state index in [4.69, 9.17) is 5.11 Å². The molecule has 0 aliphatic heterocycles. The van der Waals surface area contributed by atoms with Crippen molar-refractivity contribution >= 4 is 5.91 Å². The van der Waals surface area contributed by atoms with E-state index >= 15 is 0 Å². The second-order valence-electron chi connectivity index (χ2n) is 4.71. The molecule has 2 atom stereocenters. The molecule has 1 aliphatic rings. The molecule has 1 aliphatic carbocycles. The number of carbonyl (C=O) groups is 1. The van der Waals surface area contributed by atoms with Crippen LogP contribution in [-0.2, 0) is 0 Å². The molecular formula is C13H16FNO3. The van der Waals surface area contributed by atoms with Gasteiger partial charge in [-0.3, -0.25) is 4.79 Å². The largest absolute Gasteiger partial charge is 0.508 e. The molecule has 1 saturated carbocycles. The molecule has 18 heavy (non-hydrogen) atoms. The molecule has 2 unspecified atom stereocenters. The zero-order valence-corrected chi connectivity index (χ0v) is 9.90. The van der Waals surface area contributed by atoms with Crippen LogP contribution in [0.1, 0.15) is 29.6 Å². The predicted molar refractivity (Wildman–Crippen MR) is 63.7 cm³/mol. The van der Waals surface area contributed by atoms with Crippen molar-refractivity contribution in [2.75, 3.05) is 6.54 Å². The zero-order valence-electron chi connectivity index (χ0n) is 9.90. The predicted octanol–water partition coefficient (Wildman–Crippen LogP) is 1.42. The molecule has 0 bridgehead atoms. The van der Waals surface area contributed by atoms with E-state index in [0.717, 1.165) is 18.9 Å². The number of halogens is 1. The minimum absolute atomic E-state index is 0.0775. The third kappa shape index (κ3) is 2.98. The van der Waals surface area contributed by atoms with Gasteiger partial charge in [0, 0.05) is 12.6 Å². The van der Waals surface area contributed by atoms with E-state index in [0.29, 0.717) is 13.0 Å². The lowest BCUT2D eigenvalue weighted by Crippen LogP contribution is -2.29. The van der Waals surface area contributed by atoms with E-state index in [9.17, 15) is 14.3 Å². The Bertz CT molecular complexity index is 450. The van der Waals surface area contributed by atoms with Crippen LogP contribution in [0.4, 0.5) is 4.39 Å². The zero-order chi connectivity index (χ0) is 13.1. The van der Waals surface area contributed by atoms with Gasteiger partial charge in [-0.15, -0.1) is 0 Å². The number of benzene rings is 1. The molecule has 0 saturated heterocycles. The Kier molecular flexibility index (Phi) is 3.81. The van der Waals surface area contributed by atoms with Gasteiger partial charge < -0.3 is 15.5 Å². The Morgan fingerprint density at radius 2 is 2.22 bits per heavy atom. The van der Waals surface area contributed by atoms with Crippen LogP contribution >= 0.6 is 0 Å². The average molecular weight is 253 g/mol. The molecule has 1 aromatic carbocycles. The van der Waals surface area contributed by atoms with Gasteiger partial charge in [-0.25, -0.2) is 4.39 Å². The summed E-state index contributed by atoms with van der Waals surface area (Å²) in [6.45, 7) is 0.441. The summed E-state index contributed by atoms with van der Waals surface area (Å²) in [5, 5.41) is 21.1. The number of carbonyl (C=O) groups excluding carboxylic acids is 1. The van der Waals surface area contributed by atoms with Gasteiger partial charge >= 0.3 is 0 Å². The molecule has 0 aromatic heterocycles. The van der Waals surface area contributed by atoms with Gasteiger partial charge in [0.2, 0.25) is 0 Å². The van der Waals surface area contributed by atoms with E-state index < -0.39 is 11.7 Å². The number of nitrogens with one attached hydrogen (secondary N) is 1. The van der Waals surface area contributed by atoms with Gasteiger partial charge in [0.05, 0.1) is 11.7 Å². The van der Waals surface area contributed by atoms with Gasteiger partial charge in [-0.05, 0) is 37.3 Å². The monoisotopic (exact) mass is 253 g/mol. The number of aromatic hydroxyl groups is 1. The van der Waals surface area contributed by atoms with Crippen LogP contribution < -0.4 is 5.32 Å². The van der Waals surface area contributed by atoms with Crippen molar-refractivity contribution in [1.29, 1.82) is 0 Å². The van der Waals surface area contributed by atoms with Crippen LogP contribution in [0.25, 0.3) is 0 Å². The van der Waals surface area contributed by atoms with Crippen molar-refractivity contribution in [3.63, 3.8) is 0 Å². The maximum atomic E-state index is 13.4. The van der Waals surface area contributed by atoms with Gasteiger partial charge in [-0.1, -0.05) is 0 Å². The highest BCUT2D eigenvalue weighted by atomic mass is 19.1. The number of aliphatic hydroxyl groups excluding tert-OH is 1. The molecule has 3 N–H and O–H groups in total. The van der Waals surface area contributed by atoms with Crippen LogP contribution in [-0.4, -0.2) is 28.8 Å². The molecule has 1 fully saturated rings. The maximum absolute atomic E-state index is 13.4. The van der Waals surface area contributed by atoms with Crippen molar-refractivity contribution in [2.24, 2.45) is 5.92 Å². The topological polar surface area (TPSA) is 69.6 Å². The van der Waals surface area contributed by atoms with E-state index in [-0.39, 0.29) is 23.3 Å². The lowest BCUT2D eigenvalue weighted by molar-refractivity contribution is 0.0941. The van der Waals surface area contributed by atoms with Crippen molar-refractivity contribution in [3.05, 3.63) is 29.6 Å². The van der Waals surface area contributed by atoms with Crippen molar-refractivity contribution < 1.29 is 19.4 Å². The van der Waals surface area contributed by atoms with E-state index in [2.05, 4.69) is 5.32 Å². The van der Waals surface area contributed by atoms with Crippen LogP contribution in [0, 0.1) is 11.7 Å². The van der Waals surface area contributed by atoms with E-state index in [1.165, 1.54) is 12.1 Å². The lowest BCUT2D eigenvalue weighted by atomic mass is 10.1. The fourth-order valence-electron chi connectivity index (χ4n) is 2.25. The Morgan fingerprint density at radius 1 is 1.44 bits per heavy atom. The highest BCUT2D eigenvalue weighted by Gasteiger charge is 2.23. The van der Waals surface area contributed by atoms with Crippen LogP contribution in [0.5, 0.6) is 5.75 Å². The number of hydrogen-bond donors (Lipinski definition) is 3.